The zero-order valence-electron chi connectivity index (χ0n) is 12.9. The molecule has 138 valence electrons. The maximum absolute atomic E-state index is 12.5. The quantitative estimate of drug-likeness (QED) is 0.772. The summed E-state index contributed by atoms with van der Waals surface area (Å²) in [7, 11) is -2.42. The highest BCUT2D eigenvalue weighted by Crippen LogP contribution is 2.27. The summed E-state index contributed by atoms with van der Waals surface area (Å²) in [4.78, 5) is 2.86. The summed E-state index contributed by atoms with van der Waals surface area (Å²) in [5.41, 5.74) is -1.63. The van der Waals surface area contributed by atoms with Gasteiger partial charge in [0.25, 0.3) is 0 Å². The van der Waals surface area contributed by atoms with Crippen LogP contribution in [-0.4, -0.2) is 45.7 Å². The molecule has 1 atom stereocenters. The van der Waals surface area contributed by atoms with Gasteiger partial charge in [0.05, 0.1) is 12.1 Å². The highest BCUT2D eigenvalue weighted by molar-refractivity contribution is 7.89. The van der Waals surface area contributed by atoms with E-state index >= 15 is 0 Å². The van der Waals surface area contributed by atoms with Crippen LogP contribution < -0.4 is 10.0 Å². The second-order valence-corrected chi connectivity index (χ2v) is 7.21. The van der Waals surface area contributed by atoms with E-state index in [1.165, 1.54) is 7.11 Å². The molecule has 0 spiro atoms. The molecule has 1 aromatic heterocycles. The van der Waals surface area contributed by atoms with Crippen molar-refractivity contribution in [2.45, 2.75) is 29.5 Å². The van der Waals surface area contributed by atoms with E-state index in [1.54, 1.807) is 0 Å². The van der Waals surface area contributed by atoms with Gasteiger partial charge in [-0.05, 0) is 31.5 Å². The Morgan fingerprint density at radius 1 is 1.42 bits per heavy atom. The van der Waals surface area contributed by atoms with E-state index in [2.05, 4.69) is 15.0 Å². The van der Waals surface area contributed by atoms with E-state index in [4.69, 9.17) is 4.74 Å². The molecule has 1 fully saturated rings. The standard InChI is InChI=1S/C13H18F3N3O3S.ClH/c1-22-9-12(5-2-6-18-12)8-19-23(20,21)10-3-4-11(17-7-10)13(14,15)16;/h3-4,7,18-19H,2,5-6,8-9H2,1H3;1H. The number of aromatic nitrogens is 1. The third-order valence-electron chi connectivity index (χ3n) is 3.69. The number of ether oxygens (including phenoxy) is 1. The van der Waals surface area contributed by atoms with Crippen LogP contribution in [0.1, 0.15) is 18.5 Å². The molecule has 1 aliphatic heterocycles. The van der Waals surface area contributed by atoms with E-state index in [-0.39, 0.29) is 23.8 Å². The fourth-order valence-corrected chi connectivity index (χ4v) is 3.57. The van der Waals surface area contributed by atoms with Crippen LogP contribution in [-0.2, 0) is 20.9 Å². The average molecular weight is 390 g/mol. The van der Waals surface area contributed by atoms with Crippen LogP contribution in [0.4, 0.5) is 13.2 Å². The van der Waals surface area contributed by atoms with Crippen LogP contribution in [0.2, 0.25) is 0 Å². The Morgan fingerprint density at radius 3 is 2.58 bits per heavy atom. The van der Waals surface area contributed by atoms with Gasteiger partial charge in [-0.15, -0.1) is 12.4 Å². The Morgan fingerprint density at radius 2 is 2.12 bits per heavy atom. The van der Waals surface area contributed by atoms with E-state index in [9.17, 15) is 21.6 Å². The first-order valence-corrected chi connectivity index (χ1v) is 8.44. The van der Waals surface area contributed by atoms with Gasteiger partial charge in [0.1, 0.15) is 10.6 Å². The molecule has 2 rings (SSSR count). The normalized spacial score (nSPS) is 21.5. The minimum atomic E-state index is -4.61. The highest BCUT2D eigenvalue weighted by Gasteiger charge is 2.35. The molecule has 0 saturated carbocycles. The monoisotopic (exact) mass is 389 g/mol. The molecule has 2 heterocycles. The number of nitrogens with one attached hydrogen (secondary N) is 2. The Hall–Kier alpha value is -0.940. The van der Waals surface area contributed by atoms with E-state index in [0.29, 0.717) is 18.9 Å². The van der Waals surface area contributed by atoms with Crippen LogP contribution in [0.3, 0.4) is 0 Å². The third-order valence-corrected chi connectivity index (χ3v) is 5.08. The van der Waals surface area contributed by atoms with Gasteiger partial charge in [-0.25, -0.2) is 13.1 Å². The molecule has 2 N–H and O–H groups in total. The first kappa shape index (κ1) is 21.1. The molecule has 24 heavy (non-hydrogen) atoms. The Bertz CT molecular complexity index is 632. The van der Waals surface area contributed by atoms with Crippen LogP contribution in [0.25, 0.3) is 0 Å². The number of rotatable bonds is 6. The van der Waals surface area contributed by atoms with Crippen LogP contribution >= 0.6 is 12.4 Å². The van der Waals surface area contributed by atoms with Crippen molar-refractivity contribution < 1.29 is 26.3 Å². The van der Waals surface area contributed by atoms with Crippen molar-refractivity contribution in [1.82, 2.24) is 15.0 Å². The van der Waals surface area contributed by atoms with Crippen molar-refractivity contribution in [2.75, 3.05) is 26.8 Å². The van der Waals surface area contributed by atoms with Crippen LogP contribution in [0, 0.1) is 0 Å². The smallest absolute Gasteiger partial charge is 0.383 e. The summed E-state index contributed by atoms with van der Waals surface area (Å²) in [5.74, 6) is 0. The number of sulfonamides is 1. The van der Waals surface area contributed by atoms with Gasteiger partial charge in [0.15, 0.2) is 0 Å². The largest absolute Gasteiger partial charge is 0.433 e. The second kappa shape index (κ2) is 7.96. The summed E-state index contributed by atoms with van der Waals surface area (Å²) >= 11 is 0. The van der Waals surface area contributed by atoms with Crippen molar-refractivity contribution in [2.24, 2.45) is 0 Å². The van der Waals surface area contributed by atoms with Crippen molar-refractivity contribution >= 4 is 22.4 Å². The molecular formula is C13H19ClF3N3O3S. The predicted octanol–water partition coefficient (Wildman–Crippen LogP) is 1.57. The molecule has 1 saturated heterocycles. The lowest BCUT2D eigenvalue weighted by atomic mass is 9.99. The van der Waals surface area contributed by atoms with Crippen LogP contribution in [0.5, 0.6) is 0 Å². The maximum Gasteiger partial charge on any atom is 0.433 e. The molecule has 1 aliphatic rings. The van der Waals surface area contributed by atoms with Gasteiger partial charge in [0.2, 0.25) is 10.0 Å². The number of nitrogens with zero attached hydrogens (tertiary/aromatic N) is 1. The highest BCUT2D eigenvalue weighted by atomic mass is 35.5. The Labute approximate surface area is 144 Å². The molecule has 1 aromatic rings. The first-order chi connectivity index (χ1) is 10.7. The Balaban J connectivity index is 0.00000288. The molecule has 0 bridgehead atoms. The summed E-state index contributed by atoms with van der Waals surface area (Å²) in [6, 6.07) is 1.54. The van der Waals surface area contributed by atoms with Gasteiger partial charge in [-0.1, -0.05) is 0 Å². The number of methoxy groups -OCH3 is 1. The number of hydrogen-bond donors (Lipinski definition) is 2. The number of halogens is 4. The zero-order chi connectivity index (χ0) is 17.1. The molecule has 1 unspecified atom stereocenters. The molecule has 0 aromatic carbocycles. The van der Waals surface area contributed by atoms with E-state index in [0.717, 1.165) is 25.5 Å². The van der Waals surface area contributed by atoms with E-state index in [1.807, 2.05) is 0 Å². The van der Waals surface area contributed by atoms with Gasteiger partial charge in [0, 0.05) is 19.9 Å². The van der Waals surface area contributed by atoms with Crippen molar-refractivity contribution in [1.29, 1.82) is 0 Å². The van der Waals surface area contributed by atoms with E-state index < -0.39 is 27.4 Å². The van der Waals surface area contributed by atoms with Crippen molar-refractivity contribution in [3.05, 3.63) is 24.0 Å². The van der Waals surface area contributed by atoms with Crippen molar-refractivity contribution in [3.8, 4) is 0 Å². The number of alkyl halides is 3. The minimum Gasteiger partial charge on any atom is -0.383 e. The SMILES string of the molecule is COCC1(CNS(=O)(=O)c2ccc(C(F)(F)F)nc2)CCCN1.Cl. The lowest BCUT2D eigenvalue weighted by Gasteiger charge is -2.28. The Kier molecular flexibility index (Phi) is 7.00. The fourth-order valence-electron chi connectivity index (χ4n) is 2.49. The number of pyridine rings is 1. The zero-order valence-corrected chi connectivity index (χ0v) is 14.5. The average Bonchev–Trinajstić information content (AvgIpc) is 2.94. The second-order valence-electron chi connectivity index (χ2n) is 5.45. The fraction of sp³-hybridized carbons (Fsp3) is 0.615. The molecule has 0 radical (unpaired) electrons. The first-order valence-electron chi connectivity index (χ1n) is 6.95. The summed E-state index contributed by atoms with van der Waals surface area (Å²) in [6.45, 7) is 1.18. The van der Waals surface area contributed by atoms with Gasteiger partial charge in [-0.2, -0.15) is 13.2 Å². The summed E-state index contributed by atoms with van der Waals surface area (Å²) in [5, 5.41) is 3.21. The maximum atomic E-state index is 12.5. The van der Waals surface area contributed by atoms with Crippen LogP contribution in [0.15, 0.2) is 23.2 Å². The topological polar surface area (TPSA) is 80.3 Å². The van der Waals surface area contributed by atoms with Crippen molar-refractivity contribution in [3.63, 3.8) is 0 Å². The van der Waals surface area contributed by atoms with Gasteiger partial charge in [-0.3, -0.25) is 4.98 Å². The molecular weight excluding hydrogens is 371 g/mol. The van der Waals surface area contributed by atoms with Gasteiger partial charge < -0.3 is 10.1 Å². The summed E-state index contributed by atoms with van der Waals surface area (Å²) in [6.07, 6.45) is -2.26. The lowest BCUT2D eigenvalue weighted by Crippen LogP contribution is -2.52. The summed E-state index contributed by atoms with van der Waals surface area (Å²) < 4.78 is 69.3. The van der Waals surface area contributed by atoms with Gasteiger partial charge >= 0.3 is 6.18 Å². The number of hydrogen-bond acceptors (Lipinski definition) is 5. The lowest BCUT2D eigenvalue weighted by molar-refractivity contribution is -0.141. The minimum absolute atomic E-state index is 0. The third kappa shape index (κ3) is 5.03. The molecule has 6 nitrogen and oxygen atoms in total. The molecule has 0 amide bonds. The molecule has 0 aliphatic carbocycles. The molecule has 11 heteroatoms. The predicted molar refractivity (Wildman–Crippen MR) is 83.5 cm³/mol.